The van der Waals surface area contributed by atoms with E-state index < -0.39 is 6.10 Å². The number of aromatic nitrogens is 1. The number of hydrogen-bond donors (Lipinski definition) is 2. The average Bonchev–Trinajstić information content (AvgIpc) is 2.59. The number of aliphatic hydroxyl groups excluding tert-OH is 1. The Bertz CT molecular complexity index is 480. The summed E-state index contributed by atoms with van der Waals surface area (Å²) in [4.78, 5) is 4.33. The van der Waals surface area contributed by atoms with Gasteiger partial charge in [0, 0.05) is 12.2 Å². The Balaban J connectivity index is 1.87. The van der Waals surface area contributed by atoms with Crippen molar-refractivity contribution in [2.24, 2.45) is 23.5 Å². The van der Waals surface area contributed by atoms with E-state index in [0.29, 0.717) is 17.8 Å². The van der Waals surface area contributed by atoms with Crippen LogP contribution in [0.5, 0.6) is 0 Å². The lowest BCUT2D eigenvalue weighted by Crippen LogP contribution is -2.38. The van der Waals surface area contributed by atoms with Crippen LogP contribution in [0.1, 0.15) is 64.5 Å². The van der Waals surface area contributed by atoms with Crippen molar-refractivity contribution >= 4 is 6.08 Å². The fraction of sp³-hybridized carbons (Fsp3) is 0.667. The molecule has 3 nitrogen and oxygen atoms in total. The van der Waals surface area contributed by atoms with Gasteiger partial charge in [0.05, 0.1) is 11.8 Å². The number of hydrogen-bond acceptors (Lipinski definition) is 3. The van der Waals surface area contributed by atoms with Crippen LogP contribution in [-0.2, 0) is 0 Å². The van der Waals surface area contributed by atoms with Gasteiger partial charge < -0.3 is 10.8 Å². The number of nitrogens with zero attached hydrogens (tertiary/aromatic N) is 1. The number of pyridine rings is 1. The monoisotopic (exact) mass is 330 g/mol. The largest absolute Gasteiger partial charge is 0.391 e. The van der Waals surface area contributed by atoms with Crippen LogP contribution in [0.4, 0.5) is 0 Å². The van der Waals surface area contributed by atoms with Crippen LogP contribution in [0.2, 0.25) is 0 Å². The summed E-state index contributed by atoms with van der Waals surface area (Å²) in [5.74, 6) is 1.51. The van der Waals surface area contributed by atoms with Crippen LogP contribution in [-0.4, -0.2) is 22.2 Å². The van der Waals surface area contributed by atoms with Gasteiger partial charge in [0.15, 0.2) is 0 Å². The Hall–Kier alpha value is -1.19. The second-order valence-electron chi connectivity index (χ2n) is 7.73. The average molecular weight is 331 g/mol. The van der Waals surface area contributed by atoms with Gasteiger partial charge in [0.2, 0.25) is 0 Å². The van der Waals surface area contributed by atoms with Crippen molar-refractivity contribution in [3.8, 4) is 0 Å². The molecule has 3 N–H and O–H groups in total. The van der Waals surface area contributed by atoms with E-state index in [1.165, 1.54) is 32.1 Å². The first-order chi connectivity index (χ1) is 11.6. The first-order valence-corrected chi connectivity index (χ1v) is 9.59. The summed E-state index contributed by atoms with van der Waals surface area (Å²) in [6, 6.07) is 5.81. The third kappa shape index (κ3) is 6.37. The minimum Gasteiger partial charge on any atom is -0.391 e. The molecule has 2 rings (SSSR count). The van der Waals surface area contributed by atoms with Gasteiger partial charge in [0.25, 0.3) is 0 Å². The third-order valence-corrected chi connectivity index (χ3v) is 5.40. The maximum atomic E-state index is 10.6. The van der Waals surface area contributed by atoms with Gasteiger partial charge in [-0.15, -0.1) is 0 Å². The van der Waals surface area contributed by atoms with Crippen molar-refractivity contribution < 1.29 is 5.11 Å². The second-order valence-corrected chi connectivity index (χ2v) is 7.73. The molecular formula is C21H34N2O. The smallest absolute Gasteiger partial charge is 0.0696 e. The summed E-state index contributed by atoms with van der Waals surface area (Å²) in [5, 5.41) is 10.6. The van der Waals surface area contributed by atoms with Gasteiger partial charge in [-0.25, -0.2) is 0 Å². The normalized spacial score (nSPS) is 20.4. The molecule has 24 heavy (non-hydrogen) atoms. The predicted octanol–water partition coefficient (Wildman–Crippen LogP) is 4.42. The summed E-state index contributed by atoms with van der Waals surface area (Å²) >= 11 is 0. The van der Waals surface area contributed by atoms with E-state index in [-0.39, 0.29) is 6.04 Å². The minimum atomic E-state index is -0.423. The highest BCUT2D eigenvalue weighted by molar-refractivity contribution is 5.44. The Labute approximate surface area is 147 Å². The summed E-state index contributed by atoms with van der Waals surface area (Å²) in [6.07, 6.45) is 13.9. The van der Waals surface area contributed by atoms with E-state index in [9.17, 15) is 5.11 Å². The van der Waals surface area contributed by atoms with Crippen molar-refractivity contribution in [2.45, 2.75) is 70.9 Å². The van der Waals surface area contributed by atoms with Gasteiger partial charge in [-0.05, 0) is 48.8 Å². The molecule has 134 valence electrons. The first-order valence-electron chi connectivity index (χ1n) is 9.59. The van der Waals surface area contributed by atoms with E-state index >= 15 is 0 Å². The molecule has 0 amide bonds. The number of allylic oxidation sites excluding steroid dienone is 1. The molecular weight excluding hydrogens is 296 g/mol. The molecule has 1 aromatic rings. The van der Waals surface area contributed by atoms with Gasteiger partial charge in [0.1, 0.15) is 0 Å². The van der Waals surface area contributed by atoms with Crippen molar-refractivity contribution in [1.29, 1.82) is 0 Å². The Morgan fingerprint density at radius 2 is 2.00 bits per heavy atom. The first kappa shape index (κ1) is 19.1. The van der Waals surface area contributed by atoms with E-state index in [1.807, 2.05) is 18.2 Å². The van der Waals surface area contributed by atoms with E-state index in [1.54, 1.807) is 6.20 Å². The number of rotatable bonds is 8. The summed E-state index contributed by atoms with van der Waals surface area (Å²) in [6.45, 7) is 4.40. The maximum absolute atomic E-state index is 10.6. The SMILES string of the molecule is CC(C)[C@@H](/C=C/c1ccccn1)C[C@H](O)[C@@H](N)CC1CCCCC1. The van der Waals surface area contributed by atoms with Gasteiger partial charge in [-0.1, -0.05) is 58.1 Å². The second kappa shape index (κ2) is 9.95. The number of nitrogens with two attached hydrogens (primary N) is 1. The lowest BCUT2D eigenvalue weighted by atomic mass is 9.81. The van der Waals surface area contributed by atoms with E-state index in [4.69, 9.17) is 5.73 Å². The molecule has 1 aromatic heterocycles. The lowest BCUT2D eigenvalue weighted by molar-refractivity contribution is 0.100. The fourth-order valence-corrected chi connectivity index (χ4v) is 3.69. The van der Waals surface area contributed by atoms with Crippen molar-refractivity contribution in [1.82, 2.24) is 4.98 Å². The van der Waals surface area contributed by atoms with Crippen molar-refractivity contribution in [3.05, 3.63) is 36.2 Å². The van der Waals surface area contributed by atoms with Crippen LogP contribution in [0.3, 0.4) is 0 Å². The summed E-state index contributed by atoms with van der Waals surface area (Å²) in [7, 11) is 0. The number of aliphatic hydroxyl groups is 1. The summed E-state index contributed by atoms with van der Waals surface area (Å²) < 4.78 is 0. The van der Waals surface area contributed by atoms with Gasteiger partial charge in [-0.3, -0.25) is 4.98 Å². The molecule has 1 aliphatic rings. The molecule has 3 heteroatoms. The summed E-state index contributed by atoms with van der Waals surface area (Å²) in [5.41, 5.74) is 7.28. The molecule has 0 radical (unpaired) electrons. The standard InChI is InChI=1S/C21H34N2O/c1-16(2)18(11-12-19-10-6-7-13-23-19)15-21(24)20(22)14-17-8-4-3-5-9-17/h6-7,10-13,16-18,20-21,24H,3-5,8-9,14-15,22H2,1-2H3/b12-11+/t18-,20-,21-/m0/s1. The molecule has 0 spiro atoms. The van der Waals surface area contributed by atoms with Crippen LogP contribution in [0.15, 0.2) is 30.5 Å². The molecule has 0 aromatic carbocycles. The molecule has 0 aliphatic heterocycles. The molecule has 1 heterocycles. The minimum absolute atomic E-state index is 0.0994. The molecule has 1 aliphatic carbocycles. The zero-order chi connectivity index (χ0) is 17.4. The molecule has 0 bridgehead atoms. The Morgan fingerprint density at radius 1 is 1.25 bits per heavy atom. The molecule has 1 saturated carbocycles. The molecule has 1 fully saturated rings. The van der Waals surface area contributed by atoms with Gasteiger partial charge in [-0.2, -0.15) is 0 Å². The van der Waals surface area contributed by atoms with Crippen molar-refractivity contribution in [3.63, 3.8) is 0 Å². The van der Waals surface area contributed by atoms with Gasteiger partial charge >= 0.3 is 0 Å². The maximum Gasteiger partial charge on any atom is 0.0696 e. The van der Waals surface area contributed by atoms with Crippen LogP contribution >= 0.6 is 0 Å². The van der Waals surface area contributed by atoms with Crippen LogP contribution < -0.4 is 5.73 Å². The predicted molar refractivity (Wildman–Crippen MR) is 101 cm³/mol. The quantitative estimate of drug-likeness (QED) is 0.742. The molecule has 3 atom stereocenters. The Kier molecular flexibility index (Phi) is 7.93. The third-order valence-electron chi connectivity index (χ3n) is 5.40. The molecule has 0 saturated heterocycles. The highest BCUT2D eigenvalue weighted by atomic mass is 16.3. The highest BCUT2D eigenvalue weighted by Gasteiger charge is 2.24. The Morgan fingerprint density at radius 3 is 2.62 bits per heavy atom. The van der Waals surface area contributed by atoms with E-state index in [0.717, 1.165) is 18.5 Å². The topological polar surface area (TPSA) is 59.1 Å². The fourth-order valence-electron chi connectivity index (χ4n) is 3.69. The van der Waals surface area contributed by atoms with E-state index in [2.05, 4.69) is 31.0 Å². The highest BCUT2D eigenvalue weighted by Crippen LogP contribution is 2.29. The lowest BCUT2D eigenvalue weighted by Gasteiger charge is -2.29. The zero-order valence-electron chi connectivity index (χ0n) is 15.3. The molecule has 0 unspecified atom stereocenters. The van der Waals surface area contributed by atoms with Crippen LogP contribution in [0, 0.1) is 17.8 Å². The van der Waals surface area contributed by atoms with Crippen LogP contribution in [0.25, 0.3) is 6.08 Å². The zero-order valence-corrected chi connectivity index (χ0v) is 15.3. The van der Waals surface area contributed by atoms with Crippen molar-refractivity contribution in [2.75, 3.05) is 0 Å².